The van der Waals surface area contributed by atoms with Gasteiger partial charge in [0, 0.05) is 29.9 Å². The molecule has 1 aromatic heterocycles. The highest BCUT2D eigenvalue weighted by molar-refractivity contribution is 6.03. The van der Waals surface area contributed by atoms with Gasteiger partial charge in [0.2, 0.25) is 0 Å². The van der Waals surface area contributed by atoms with Crippen molar-refractivity contribution < 1.29 is 9.53 Å². The zero-order valence-corrected chi connectivity index (χ0v) is 17.9. The van der Waals surface area contributed by atoms with Gasteiger partial charge in [-0.15, -0.1) is 0 Å². The van der Waals surface area contributed by atoms with E-state index in [9.17, 15) is 4.79 Å². The second-order valence-corrected chi connectivity index (χ2v) is 7.64. The second-order valence-electron chi connectivity index (χ2n) is 7.64. The minimum atomic E-state index is -0.0646. The molecule has 0 unspecified atom stereocenters. The highest BCUT2D eigenvalue weighted by Gasteiger charge is 2.22. The molecule has 0 N–H and O–H groups in total. The van der Waals surface area contributed by atoms with E-state index in [2.05, 4.69) is 42.7 Å². The number of allylic oxidation sites excluding steroid dienone is 1. The number of benzene rings is 1. The van der Waals surface area contributed by atoms with E-state index < -0.39 is 0 Å². The fourth-order valence-electron chi connectivity index (χ4n) is 3.93. The first-order chi connectivity index (χ1) is 14.0. The van der Waals surface area contributed by atoms with Gasteiger partial charge in [0.25, 0.3) is 0 Å². The summed E-state index contributed by atoms with van der Waals surface area (Å²) in [5.74, 6) is 1.24. The fraction of sp³-hybridized carbons (Fsp3) is 0.360. The monoisotopic (exact) mass is 390 g/mol. The van der Waals surface area contributed by atoms with Gasteiger partial charge in [0.15, 0.2) is 11.5 Å². The number of aromatic nitrogens is 1. The van der Waals surface area contributed by atoms with Crippen LogP contribution in [-0.2, 0) is 0 Å². The van der Waals surface area contributed by atoms with Gasteiger partial charge in [-0.1, -0.05) is 37.8 Å². The summed E-state index contributed by atoms with van der Waals surface area (Å²) in [6, 6.07) is 8.40. The molecule has 0 aliphatic carbocycles. The minimum absolute atomic E-state index is 0.0646. The number of anilines is 1. The van der Waals surface area contributed by atoms with Crippen LogP contribution in [0.3, 0.4) is 0 Å². The average Bonchev–Trinajstić information content (AvgIpc) is 2.73. The van der Waals surface area contributed by atoms with Crippen LogP contribution in [0.1, 0.15) is 55.2 Å². The van der Waals surface area contributed by atoms with E-state index in [0.29, 0.717) is 22.6 Å². The van der Waals surface area contributed by atoms with Crippen molar-refractivity contribution >= 4 is 23.6 Å². The molecule has 4 nitrogen and oxygen atoms in total. The SMILES string of the molecule is C=Cc1c(/C=C\C)nc(-c2ccc(N3CCC(C)CC3)cc2)c(OC)c1C(C)=O. The van der Waals surface area contributed by atoms with Gasteiger partial charge >= 0.3 is 0 Å². The molecule has 0 radical (unpaired) electrons. The van der Waals surface area contributed by atoms with Crippen LogP contribution >= 0.6 is 0 Å². The van der Waals surface area contributed by atoms with Crippen LogP contribution in [-0.4, -0.2) is 31.0 Å². The summed E-state index contributed by atoms with van der Waals surface area (Å²) in [6.07, 6.45) is 7.95. The molecular formula is C25H30N2O2. The van der Waals surface area contributed by atoms with Crippen LogP contribution in [0.4, 0.5) is 5.69 Å². The van der Waals surface area contributed by atoms with E-state index in [1.54, 1.807) is 20.1 Å². The maximum atomic E-state index is 12.4. The highest BCUT2D eigenvalue weighted by Crippen LogP contribution is 2.37. The molecule has 0 bridgehead atoms. The number of hydrogen-bond donors (Lipinski definition) is 0. The predicted octanol–water partition coefficient (Wildman–Crippen LogP) is 5.87. The van der Waals surface area contributed by atoms with Crippen LogP contribution in [0.25, 0.3) is 23.4 Å². The second kappa shape index (κ2) is 9.08. The third-order valence-corrected chi connectivity index (χ3v) is 5.59. The van der Waals surface area contributed by atoms with Crippen LogP contribution in [0.15, 0.2) is 36.9 Å². The van der Waals surface area contributed by atoms with Gasteiger partial charge in [-0.2, -0.15) is 0 Å². The Balaban J connectivity index is 2.07. The van der Waals surface area contributed by atoms with Crippen LogP contribution < -0.4 is 9.64 Å². The van der Waals surface area contributed by atoms with Crippen molar-refractivity contribution in [2.75, 3.05) is 25.1 Å². The van der Waals surface area contributed by atoms with Crippen LogP contribution in [0, 0.1) is 5.92 Å². The lowest BCUT2D eigenvalue weighted by molar-refractivity contribution is 0.101. The lowest BCUT2D eigenvalue weighted by atomic mass is 9.96. The summed E-state index contributed by atoms with van der Waals surface area (Å²) < 4.78 is 5.66. The van der Waals surface area contributed by atoms with Gasteiger partial charge in [-0.3, -0.25) is 4.79 Å². The van der Waals surface area contributed by atoms with Crippen LogP contribution in [0.2, 0.25) is 0 Å². The number of nitrogens with zero attached hydrogens (tertiary/aromatic N) is 2. The minimum Gasteiger partial charge on any atom is -0.494 e. The largest absolute Gasteiger partial charge is 0.494 e. The molecule has 4 heteroatoms. The first-order valence-electron chi connectivity index (χ1n) is 10.2. The molecule has 1 aliphatic heterocycles. The summed E-state index contributed by atoms with van der Waals surface area (Å²) in [4.78, 5) is 19.7. The van der Waals surface area contributed by atoms with Crippen molar-refractivity contribution in [2.24, 2.45) is 5.92 Å². The number of carbonyl (C=O) groups excluding carboxylic acids is 1. The Hall–Kier alpha value is -2.88. The standard InChI is InChI=1S/C25H30N2O2/c1-6-8-22-21(7-2)23(18(4)28)25(29-5)24(26-22)19-9-11-20(12-10-19)27-15-13-17(3)14-16-27/h6-12,17H,2,13-16H2,1,3-5H3/b8-6-. The highest BCUT2D eigenvalue weighted by atomic mass is 16.5. The number of ether oxygens (including phenoxy) is 1. The zero-order valence-electron chi connectivity index (χ0n) is 17.9. The first-order valence-corrected chi connectivity index (χ1v) is 10.2. The maximum absolute atomic E-state index is 12.4. The Morgan fingerprint density at radius 1 is 1.24 bits per heavy atom. The maximum Gasteiger partial charge on any atom is 0.164 e. The normalized spacial score (nSPS) is 15.0. The number of hydrogen-bond acceptors (Lipinski definition) is 4. The predicted molar refractivity (Wildman–Crippen MR) is 122 cm³/mol. The molecule has 1 aliphatic rings. The molecule has 0 saturated carbocycles. The molecule has 1 saturated heterocycles. The van der Waals surface area contributed by atoms with Gasteiger partial charge in [-0.25, -0.2) is 4.98 Å². The molecule has 2 heterocycles. The molecule has 1 fully saturated rings. The topological polar surface area (TPSA) is 42.4 Å². The van der Waals surface area contributed by atoms with E-state index in [4.69, 9.17) is 9.72 Å². The number of methoxy groups -OCH3 is 1. The smallest absolute Gasteiger partial charge is 0.164 e. The van der Waals surface area contributed by atoms with Gasteiger partial charge < -0.3 is 9.64 Å². The quantitative estimate of drug-likeness (QED) is 0.578. The fourth-order valence-corrected chi connectivity index (χ4v) is 3.93. The number of carbonyl (C=O) groups is 1. The van der Waals surface area contributed by atoms with Crippen molar-refractivity contribution in [3.63, 3.8) is 0 Å². The number of ketones is 1. The lowest BCUT2D eigenvalue weighted by Crippen LogP contribution is -2.32. The summed E-state index contributed by atoms with van der Waals surface area (Å²) in [6.45, 7) is 11.9. The van der Waals surface area contributed by atoms with E-state index in [1.807, 2.05) is 19.1 Å². The molecule has 0 spiro atoms. The lowest BCUT2D eigenvalue weighted by Gasteiger charge is -2.32. The van der Waals surface area contributed by atoms with E-state index in [1.165, 1.54) is 18.5 Å². The molecule has 0 amide bonds. The number of piperidine rings is 1. The average molecular weight is 391 g/mol. The first kappa shape index (κ1) is 20.8. The molecule has 0 atom stereocenters. The van der Waals surface area contributed by atoms with E-state index in [0.717, 1.165) is 30.3 Å². The molecular weight excluding hydrogens is 360 g/mol. The van der Waals surface area contributed by atoms with Gasteiger partial charge in [0.1, 0.15) is 5.69 Å². The van der Waals surface area contributed by atoms with Crippen molar-refractivity contribution in [3.05, 3.63) is 53.7 Å². The summed E-state index contributed by atoms with van der Waals surface area (Å²) in [7, 11) is 1.58. The third-order valence-electron chi connectivity index (χ3n) is 5.59. The zero-order chi connectivity index (χ0) is 21.0. The Kier molecular flexibility index (Phi) is 6.53. The Morgan fingerprint density at radius 3 is 2.41 bits per heavy atom. The summed E-state index contributed by atoms with van der Waals surface area (Å²) in [5.41, 5.74) is 4.78. The summed E-state index contributed by atoms with van der Waals surface area (Å²) >= 11 is 0. The van der Waals surface area contributed by atoms with Crippen molar-refractivity contribution in [3.8, 4) is 17.0 Å². The molecule has 1 aromatic carbocycles. The number of Topliss-reactive ketones (excluding diaryl/α,β-unsaturated/α-hetero) is 1. The van der Waals surface area contributed by atoms with Crippen molar-refractivity contribution in [1.29, 1.82) is 0 Å². The number of pyridine rings is 1. The van der Waals surface area contributed by atoms with E-state index >= 15 is 0 Å². The molecule has 152 valence electrons. The van der Waals surface area contributed by atoms with Crippen LogP contribution in [0.5, 0.6) is 5.75 Å². The van der Waals surface area contributed by atoms with Crippen molar-refractivity contribution in [2.45, 2.75) is 33.6 Å². The number of rotatable bonds is 6. The Morgan fingerprint density at radius 2 is 1.90 bits per heavy atom. The summed E-state index contributed by atoms with van der Waals surface area (Å²) in [5, 5.41) is 0. The molecule has 3 rings (SSSR count). The third kappa shape index (κ3) is 4.26. The Bertz CT molecular complexity index is 921. The van der Waals surface area contributed by atoms with Crippen molar-refractivity contribution in [1.82, 2.24) is 4.98 Å². The molecule has 2 aromatic rings. The van der Waals surface area contributed by atoms with E-state index in [-0.39, 0.29) is 5.78 Å². The molecule has 29 heavy (non-hydrogen) atoms. The van der Waals surface area contributed by atoms with Gasteiger partial charge in [-0.05, 0) is 50.8 Å². The Labute approximate surface area is 173 Å². The van der Waals surface area contributed by atoms with Gasteiger partial charge in [0.05, 0.1) is 18.4 Å².